The van der Waals surface area contributed by atoms with Gasteiger partial charge in [0.05, 0.1) is 18.1 Å². The summed E-state index contributed by atoms with van der Waals surface area (Å²) in [5.74, 6) is -1.75. The summed E-state index contributed by atoms with van der Waals surface area (Å²) < 4.78 is 5.03. The van der Waals surface area contributed by atoms with Crippen LogP contribution in [0, 0.1) is 5.92 Å². The molecule has 0 unspecified atom stereocenters. The number of carbonyl (C=O) groups is 3. The molecule has 2 aromatic rings. The molecule has 0 radical (unpaired) electrons. The number of aromatic amines is 1. The van der Waals surface area contributed by atoms with Gasteiger partial charge >= 0.3 is 5.97 Å². The van der Waals surface area contributed by atoms with Crippen LogP contribution in [0.1, 0.15) is 30.1 Å². The minimum atomic E-state index is -0.561. The molecule has 1 aliphatic heterocycles. The zero-order valence-corrected chi connectivity index (χ0v) is 13.6. The number of para-hydroxylation sites is 1. The number of aromatic nitrogens is 1. The van der Waals surface area contributed by atoms with Crippen molar-refractivity contribution in [2.45, 2.75) is 19.8 Å². The molecule has 24 heavy (non-hydrogen) atoms. The molecule has 0 saturated carbocycles. The van der Waals surface area contributed by atoms with Crippen LogP contribution in [-0.2, 0) is 14.3 Å². The maximum atomic E-state index is 12.6. The number of likely N-dealkylation sites (tertiary alicyclic amines) is 1. The van der Waals surface area contributed by atoms with Gasteiger partial charge in [-0.2, -0.15) is 0 Å². The summed E-state index contributed by atoms with van der Waals surface area (Å²) in [6, 6.07) is 7.36. The zero-order valence-electron chi connectivity index (χ0n) is 13.6. The minimum absolute atomic E-state index is 0.242. The second-order valence-electron chi connectivity index (χ2n) is 5.92. The number of hydrogen-bond donors (Lipinski definition) is 1. The molecule has 0 bridgehead atoms. The molecular weight excluding hydrogens is 308 g/mol. The summed E-state index contributed by atoms with van der Waals surface area (Å²) in [5, 5.41) is 0.731. The van der Waals surface area contributed by atoms with E-state index in [-0.39, 0.29) is 18.4 Å². The lowest BCUT2D eigenvalue weighted by molar-refractivity contribution is -0.150. The second kappa shape index (κ2) is 6.86. The highest BCUT2D eigenvalue weighted by Gasteiger charge is 2.32. The summed E-state index contributed by atoms with van der Waals surface area (Å²) in [5.41, 5.74) is 1.19. The van der Waals surface area contributed by atoms with Gasteiger partial charge in [-0.05, 0) is 25.8 Å². The van der Waals surface area contributed by atoms with Crippen molar-refractivity contribution in [1.29, 1.82) is 0 Å². The lowest BCUT2D eigenvalue weighted by atomic mass is 9.97. The normalized spacial score (nSPS) is 17.7. The van der Waals surface area contributed by atoms with Gasteiger partial charge in [-0.15, -0.1) is 0 Å². The highest BCUT2D eigenvalue weighted by molar-refractivity contribution is 6.44. The van der Waals surface area contributed by atoms with Crippen molar-refractivity contribution in [3.8, 4) is 0 Å². The third-order valence-corrected chi connectivity index (χ3v) is 4.36. The number of carbonyl (C=O) groups excluding carboxylic acids is 3. The van der Waals surface area contributed by atoms with Crippen LogP contribution in [-0.4, -0.2) is 47.2 Å². The number of esters is 1. The van der Waals surface area contributed by atoms with Crippen molar-refractivity contribution < 1.29 is 19.1 Å². The van der Waals surface area contributed by atoms with Gasteiger partial charge in [-0.1, -0.05) is 18.2 Å². The van der Waals surface area contributed by atoms with Crippen LogP contribution in [0.3, 0.4) is 0 Å². The highest BCUT2D eigenvalue weighted by Crippen LogP contribution is 2.22. The molecule has 2 heterocycles. The molecule has 1 amide bonds. The van der Waals surface area contributed by atoms with Crippen LogP contribution >= 0.6 is 0 Å². The van der Waals surface area contributed by atoms with Gasteiger partial charge < -0.3 is 14.6 Å². The topological polar surface area (TPSA) is 79.5 Å². The number of fused-ring (bicyclic) bond motifs is 1. The third kappa shape index (κ3) is 3.04. The van der Waals surface area contributed by atoms with Crippen molar-refractivity contribution in [2.75, 3.05) is 19.7 Å². The monoisotopic (exact) mass is 328 g/mol. The fourth-order valence-electron chi connectivity index (χ4n) is 3.13. The number of Topliss-reactive ketones (excluding diaryl/α,β-unsaturated/α-hetero) is 1. The van der Waals surface area contributed by atoms with Gasteiger partial charge in [0, 0.05) is 30.2 Å². The van der Waals surface area contributed by atoms with Crippen molar-refractivity contribution in [2.24, 2.45) is 5.92 Å². The van der Waals surface area contributed by atoms with Crippen LogP contribution in [0.15, 0.2) is 30.5 Å². The molecule has 126 valence electrons. The first-order valence-corrected chi connectivity index (χ1v) is 8.18. The lowest BCUT2D eigenvalue weighted by Crippen LogP contribution is -2.45. The largest absolute Gasteiger partial charge is 0.466 e. The first kappa shape index (κ1) is 16.2. The van der Waals surface area contributed by atoms with Crippen molar-refractivity contribution in [3.05, 3.63) is 36.0 Å². The van der Waals surface area contributed by atoms with E-state index in [4.69, 9.17) is 4.74 Å². The Kier molecular flexibility index (Phi) is 4.64. The molecule has 1 aromatic carbocycles. The Hall–Kier alpha value is -2.63. The Morgan fingerprint density at radius 1 is 1.29 bits per heavy atom. The van der Waals surface area contributed by atoms with Gasteiger partial charge in [0.15, 0.2) is 0 Å². The van der Waals surface area contributed by atoms with Crippen LogP contribution in [0.4, 0.5) is 0 Å². The molecule has 1 fully saturated rings. The van der Waals surface area contributed by atoms with E-state index in [0.29, 0.717) is 31.6 Å². The van der Waals surface area contributed by atoms with E-state index in [1.807, 2.05) is 24.3 Å². The summed E-state index contributed by atoms with van der Waals surface area (Å²) >= 11 is 0. The van der Waals surface area contributed by atoms with Crippen LogP contribution < -0.4 is 0 Å². The fourth-order valence-corrected chi connectivity index (χ4v) is 3.13. The molecule has 1 aliphatic rings. The van der Waals surface area contributed by atoms with E-state index >= 15 is 0 Å². The molecule has 1 saturated heterocycles. The Labute approximate surface area is 139 Å². The Morgan fingerprint density at radius 3 is 2.88 bits per heavy atom. The summed E-state index contributed by atoms with van der Waals surface area (Å²) in [4.78, 5) is 41.5. The fraction of sp³-hybridized carbons (Fsp3) is 0.389. The Balaban J connectivity index is 1.76. The molecular formula is C18H20N2O4. The molecule has 3 rings (SSSR count). The first-order valence-electron chi connectivity index (χ1n) is 8.18. The maximum absolute atomic E-state index is 12.6. The minimum Gasteiger partial charge on any atom is -0.466 e. The second-order valence-corrected chi connectivity index (χ2v) is 5.92. The number of H-pyrrole nitrogens is 1. The average Bonchev–Trinajstić information content (AvgIpc) is 3.05. The van der Waals surface area contributed by atoms with E-state index in [0.717, 1.165) is 10.9 Å². The average molecular weight is 328 g/mol. The van der Waals surface area contributed by atoms with E-state index < -0.39 is 11.7 Å². The number of amides is 1. The number of benzene rings is 1. The lowest BCUT2D eigenvalue weighted by Gasteiger charge is -2.30. The highest BCUT2D eigenvalue weighted by atomic mass is 16.5. The number of nitrogens with zero attached hydrogens (tertiary/aromatic N) is 1. The number of nitrogens with one attached hydrogen (secondary N) is 1. The molecule has 0 spiro atoms. The van der Waals surface area contributed by atoms with Gasteiger partial charge in [0.25, 0.3) is 11.7 Å². The SMILES string of the molecule is CCOC(=O)[C@@H]1CCCN(C(=O)C(=O)c2c[nH]c3ccccc23)C1. The molecule has 1 N–H and O–H groups in total. The molecule has 1 aromatic heterocycles. The Morgan fingerprint density at radius 2 is 2.08 bits per heavy atom. The maximum Gasteiger partial charge on any atom is 0.310 e. The smallest absolute Gasteiger partial charge is 0.310 e. The number of ketones is 1. The van der Waals surface area contributed by atoms with Gasteiger partial charge in [-0.3, -0.25) is 14.4 Å². The number of piperidine rings is 1. The zero-order chi connectivity index (χ0) is 17.1. The van der Waals surface area contributed by atoms with E-state index in [1.54, 1.807) is 13.1 Å². The van der Waals surface area contributed by atoms with Crippen molar-refractivity contribution >= 4 is 28.6 Å². The predicted molar refractivity (Wildman–Crippen MR) is 88.6 cm³/mol. The van der Waals surface area contributed by atoms with Crippen LogP contribution in [0.2, 0.25) is 0 Å². The predicted octanol–water partition coefficient (Wildman–Crippen LogP) is 2.15. The van der Waals surface area contributed by atoms with E-state index in [2.05, 4.69) is 4.98 Å². The standard InChI is InChI=1S/C18H20N2O4/c1-2-24-18(23)12-6-5-9-20(11-12)17(22)16(21)14-10-19-15-8-4-3-7-13(14)15/h3-4,7-8,10,12,19H,2,5-6,9,11H2,1H3/t12-/m1/s1. The first-order chi connectivity index (χ1) is 11.6. The summed E-state index contributed by atoms with van der Waals surface area (Å²) in [7, 11) is 0. The summed E-state index contributed by atoms with van der Waals surface area (Å²) in [6.45, 7) is 2.80. The molecule has 6 heteroatoms. The van der Waals surface area contributed by atoms with Crippen LogP contribution in [0.5, 0.6) is 0 Å². The van der Waals surface area contributed by atoms with Gasteiger partial charge in [0.2, 0.25) is 0 Å². The number of rotatable bonds is 4. The van der Waals surface area contributed by atoms with Crippen molar-refractivity contribution in [3.63, 3.8) is 0 Å². The molecule has 1 atom stereocenters. The molecule has 0 aliphatic carbocycles. The van der Waals surface area contributed by atoms with E-state index in [9.17, 15) is 14.4 Å². The summed E-state index contributed by atoms with van der Waals surface area (Å²) in [6.07, 6.45) is 2.94. The quantitative estimate of drug-likeness (QED) is 0.530. The van der Waals surface area contributed by atoms with Crippen molar-refractivity contribution in [1.82, 2.24) is 9.88 Å². The van der Waals surface area contributed by atoms with Gasteiger partial charge in [0.1, 0.15) is 0 Å². The molecule has 6 nitrogen and oxygen atoms in total. The Bertz CT molecular complexity index is 780. The van der Waals surface area contributed by atoms with Gasteiger partial charge in [-0.25, -0.2) is 0 Å². The van der Waals surface area contributed by atoms with Crippen LogP contribution in [0.25, 0.3) is 10.9 Å². The number of hydrogen-bond acceptors (Lipinski definition) is 4. The van der Waals surface area contributed by atoms with E-state index in [1.165, 1.54) is 4.90 Å². The third-order valence-electron chi connectivity index (χ3n) is 4.36. The number of ether oxygens (including phenoxy) is 1.